The molecular weight excluding hydrogens is 706 g/mol. The zero-order valence-corrected chi connectivity index (χ0v) is 30.6. The third-order valence-corrected chi connectivity index (χ3v) is 12.5. The Morgan fingerprint density at radius 3 is 2.47 bits per heavy atom. The van der Waals surface area contributed by atoms with Gasteiger partial charge < -0.3 is 19.5 Å². The van der Waals surface area contributed by atoms with Crippen LogP contribution in [-0.4, -0.2) is 75.4 Å². The Kier molecular flexibility index (Phi) is 8.31. The highest BCUT2D eigenvalue weighted by molar-refractivity contribution is 7.90. The Hall–Kier alpha value is -5.32. The molecule has 4 atom stereocenters. The topological polar surface area (TPSA) is 154 Å². The van der Waals surface area contributed by atoms with Crippen molar-refractivity contribution in [3.8, 4) is 22.4 Å². The molecule has 6 heterocycles. The zero-order valence-electron chi connectivity index (χ0n) is 29.7. The van der Waals surface area contributed by atoms with Crippen molar-refractivity contribution in [2.24, 2.45) is 14.1 Å². The van der Waals surface area contributed by atoms with E-state index >= 15 is 4.39 Å². The number of rotatable bonds is 5. The first-order valence-corrected chi connectivity index (χ1v) is 18.6. The Labute approximate surface area is 303 Å². The van der Waals surface area contributed by atoms with Gasteiger partial charge in [-0.15, -0.1) is 5.10 Å². The third-order valence-electron chi connectivity index (χ3n) is 10.8. The van der Waals surface area contributed by atoms with Gasteiger partial charge in [-0.2, -0.15) is 4.39 Å². The number of nitrogens with zero attached hydrogens (tertiary/aromatic N) is 6. The second-order valence-electron chi connectivity index (χ2n) is 13.8. The number of methoxy groups -OCH3 is 2. The van der Waals surface area contributed by atoms with Crippen LogP contribution < -0.4 is 11.0 Å². The minimum absolute atomic E-state index is 0.000823. The molecule has 0 saturated heterocycles. The fourth-order valence-electron chi connectivity index (χ4n) is 7.95. The molecule has 53 heavy (non-hydrogen) atoms. The van der Waals surface area contributed by atoms with Crippen LogP contribution in [0.4, 0.5) is 9.18 Å². The van der Waals surface area contributed by atoms with Gasteiger partial charge in [-0.05, 0) is 43.0 Å². The summed E-state index contributed by atoms with van der Waals surface area (Å²) in [6.45, 7) is 2.23. The van der Waals surface area contributed by atoms with Crippen molar-refractivity contribution in [1.82, 2.24) is 33.2 Å². The molecular formula is C37H38FN7O7S. The van der Waals surface area contributed by atoms with Crippen molar-refractivity contribution in [1.29, 1.82) is 0 Å². The third kappa shape index (κ3) is 5.37. The number of pyridine rings is 1. The van der Waals surface area contributed by atoms with Crippen LogP contribution in [0.5, 0.6) is 0 Å². The van der Waals surface area contributed by atoms with Gasteiger partial charge in [0.15, 0.2) is 5.65 Å². The van der Waals surface area contributed by atoms with Crippen LogP contribution in [0, 0.1) is 5.95 Å². The van der Waals surface area contributed by atoms with Crippen LogP contribution >= 0.6 is 0 Å². The lowest BCUT2D eigenvalue weighted by Gasteiger charge is -2.30. The van der Waals surface area contributed by atoms with Crippen LogP contribution in [0.1, 0.15) is 37.8 Å². The standard InChI is InChI=1S/C37H38FN7O7S/c1-37(51-5)15-16-52-28-18-23(17-26(28)40-35(46)50-4)44-32-27(43(3)36(44)47)19-39-34-30(32)29(21-11-13-22(37)14-12-21)31(25-20-42(2)41-33(25)38)45(34)53(48,49)24-9-7-6-8-10-24/h6-14,19-20,23,26,28H,15-18H2,1-5H3,(H,40,46)/t23-,26-,28+,37?/m0/s1. The van der Waals surface area contributed by atoms with Gasteiger partial charge in [0.25, 0.3) is 10.0 Å². The van der Waals surface area contributed by atoms with E-state index in [2.05, 4.69) is 10.4 Å². The molecule has 9 rings (SSSR count). The number of hydrogen-bond acceptors (Lipinski definition) is 9. The van der Waals surface area contributed by atoms with Gasteiger partial charge in [-0.1, -0.05) is 42.5 Å². The Bertz CT molecular complexity index is 2580. The van der Waals surface area contributed by atoms with Gasteiger partial charge in [0.05, 0.1) is 70.2 Å². The Morgan fingerprint density at radius 2 is 1.81 bits per heavy atom. The predicted octanol–water partition coefficient (Wildman–Crippen LogP) is 4.84. The molecule has 1 saturated carbocycles. The maximum absolute atomic E-state index is 16.0. The first-order chi connectivity index (χ1) is 25.4. The van der Waals surface area contributed by atoms with Gasteiger partial charge in [0.2, 0.25) is 5.95 Å². The second kappa shape index (κ2) is 12.7. The molecule has 3 aliphatic rings. The summed E-state index contributed by atoms with van der Waals surface area (Å²) in [5.74, 6) is -0.884. The molecule has 14 nitrogen and oxygen atoms in total. The van der Waals surface area contributed by atoms with Crippen molar-refractivity contribution in [3.63, 3.8) is 0 Å². The molecule has 1 aliphatic carbocycles. The van der Waals surface area contributed by atoms with Crippen LogP contribution in [0.3, 0.4) is 0 Å². The lowest BCUT2D eigenvalue weighted by molar-refractivity contribution is -0.0448. The lowest BCUT2D eigenvalue weighted by Crippen LogP contribution is -2.41. The summed E-state index contributed by atoms with van der Waals surface area (Å²) >= 11 is 0. The summed E-state index contributed by atoms with van der Waals surface area (Å²) < 4.78 is 68.6. The van der Waals surface area contributed by atoms with E-state index < -0.39 is 45.9 Å². The summed E-state index contributed by atoms with van der Waals surface area (Å²) in [6.07, 6.45) is 2.86. The van der Waals surface area contributed by atoms with E-state index in [1.165, 1.54) is 40.9 Å². The second-order valence-corrected chi connectivity index (χ2v) is 15.5. The largest absolute Gasteiger partial charge is 0.453 e. The lowest BCUT2D eigenvalue weighted by atomic mass is 9.90. The van der Waals surface area contributed by atoms with Crippen molar-refractivity contribution in [2.45, 2.75) is 54.9 Å². The molecule has 0 spiro atoms. The molecule has 4 aromatic heterocycles. The number of alkyl carbamates (subject to hydrolysis) is 1. The molecule has 4 bridgehead atoms. The summed E-state index contributed by atoms with van der Waals surface area (Å²) in [4.78, 5) is 31.6. The van der Waals surface area contributed by atoms with Crippen molar-refractivity contribution in [2.75, 3.05) is 20.8 Å². The van der Waals surface area contributed by atoms with Crippen LogP contribution in [0.15, 0.2) is 76.7 Å². The first kappa shape index (κ1) is 34.7. The van der Waals surface area contributed by atoms with E-state index in [-0.39, 0.29) is 34.1 Å². The van der Waals surface area contributed by atoms with E-state index in [1.54, 1.807) is 44.0 Å². The zero-order chi connectivity index (χ0) is 37.4. The van der Waals surface area contributed by atoms with Crippen LogP contribution in [-0.2, 0) is 43.9 Å². The quantitative estimate of drug-likeness (QED) is 0.261. The van der Waals surface area contributed by atoms with E-state index in [0.29, 0.717) is 46.8 Å². The number of ether oxygens (including phenoxy) is 3. The maximum Gasteiger partial charge on any atom is 0.407 e. The maximum atomic E-state index is 16.0. The van der Waals surface area contributed by atoms with Gasteiger partial charge in [-0.3, -0.25) is 13.8 Å². The molecule has 276 valence electrons. The number of aryl methyl sites for hydroxylation is 2. The number of nitrogens with one attached hydrogen (secondary N) is 1. The average Bonchev–Trinajstić information content (AvgIpc) is 3.88. The number of benzene rings is 2. The van der Waals surface area contributed by atoms with E-state index in [1.807, 2.05) is 31.2 Å². The highest BCUT2D eigenvalue weighted by atomic mass is 32.2. The Balaban J connectivity index is 1.55. The van der Waals surface area contributed by atoms with E-state index in [9.17, 15) is 18.0 Å². The first-order valence-electron chi connectivity index (χ1n) is 17.1. The summed E-state index contributed by atoms with van der Waals surface area (Å²) in [5, 5.41) is 7.18. The summed E-state index contributed by atoms with van der Waals surface area (Å²) in [6, 6.07) is 14.3. The molecule has 1 unspecified atom stereocenters. The number of imidazole rings is 1. The number of fused-ring (bicyclic) bond motifs is 5. The minimum Gasteiger partial charge on any atom is -0.453 e. The number of hydrogen-bond donors (Lipinski definition) is 1. The number of amides is 1. The number of carbonyl (C=O) groups is 1. The molecule has 0 radical (unpaired) electrons. The molecule has 2 aliphatic heterocycles. The van der Waals surface area contributed by atoms with Crippen LogP contribution in [0.2, 0.25) is 0 Å². The highest BCUT2D eigenvalue weighted by Gasteiger charge is 2.41. The fraction of sp³-hybridized carbons (Fsp3) is 0.351. The molecule has 6 aromatic rings. The predicted molar refractivity (Wildman–Crippen MR) is 193 cm³/mol. The van der Waals surface area contributed by atoms with Gasteiger partial charge in [0.1, 0.15) is 0 Å². The SMILES string of the molecule is COC(=O)N[C@H]1C[C@H]2C[C@H]1OCCC(C)(OC)c1ccc(cc1)-c1c(-c3cn(C)nc3F)n(S(=O)(=O)c3ccccc3)c3ncc4c(c13)n2c(=O)n4C. The number of aromatic nitrogens is 6. The highest BCUT2D eigenvalue weighted by Crippen LogP contribution is 2.47. The normalized spacial score (nSPS) is 21.7. The Morgan fingerprint density at radius 1 is 1.08 bits per heavy atom. The average molecular weight is 744 g/mol. The van der Waals surface area contributed by atoms with Crippen LogP contribution in [0.25, 0.3) is 44.5 Å². The van der Waals surface area contributed by atoms with E-state index in [0.717, 1.165) is 9.54 Å². The summed E-state index contributed by atoms with van der Waals surface area (Å²) in [5.41, 5.74) is 1.33. The number of halogens is 1. The fourth-order valence-corrected chi connectivity index (χ4v) is 9.46. The number of carbonyl (C=O) groups excluding carboxylic acids is 1. The van der Waals surface area contributed by atoms with Crippen molar-refractivity contribution in [3.05, 3.63) is 89.0 Å². The van der Waals surface area contributed by atoms with Gasteiger partial charge in [0, 0.05) is 45.4 Å². The monoisotopic (exact) mass is 743 g/mol. The van der Waals surface area contributed by atoms with Crippen molar-refractivity contribution >= 4 is 38.2 Å². The molecule has 16 heteroatoms. The van der Waals surface area contributed by atoms with Crippen molar-refractivity contribution < 1.29 is 31.8 Å². The molecule has 2 aromatic carbocycles. The molecule has 1 amide bonds. The summed E-state index contributed by atoms with van der Waals surface area (Å²) in [7, 11) is 1.62. The smallest absolute Gasteiger partial charge is 0.407 e. The van der Waals surface area contributed by atoms with Gasteiger partial charge in [-0.25, -0.2) is 27.0 Å². The van der Waals surface area contributed by atoms with E-state index in [4.69, 9.17) is 19.2 Å². The molecule has 1 fully saturated rings. The minimum atomic E-state index is -4.45. The van der Waals surface area contributed by atoms with Gasteiger partial charge >= 0.3 is 11.8 Å². The molecule has 1 N–H and O–H groups in total.